The first-order valence-corrected chi connectivity index (χ1v) is 7.31. The van der Waals surface area contributed by atoms with Gasteiger partial charge in [-0.15, -0.1) is 0 Å². The van der Waals surface area contributed by atoms with Gasteiger partial charge >= 0.3 is 11.9 Å². The molecule has 0 fully saturated rings. The lowest BCUT2D eigenvalue weighted by Gasteiger charge is -2.21. The maximum atomic E-state index is 12.1. The van der Waals surface area contributed by atoms with Crippen LogP contribution in [0.25, 0.3) is 0 Å². The highest BCUT2D eigenvalue weighted by molar-refractivity contribution is 5.95. The number of amides is 4. The van der Waals surface area contributed by atoms with E-state index in [0.717, 1.165) is 0 Å². The molecule has 13 nitrogen and oxygen atoms in total. The Hall–Kier alpha value is -3.22. The monoisotopic (exact) mass is 375 g/mol. The first kappa shape index (κ1) is 22.8. The number of aliphatic carboxylic acids is 2. The van der Waals surface area contributed by atoms with Crippen LogP contribution in [-0.2, 0) is 28.8 Å². The van der Waals surface area contributed by atoms with E-state index in [0.29, 0.717) is 0 Å². The molecule has 0 aromatic carbocycles. The SMILES string of the molecule is NC(=O)CC[C@H](NC(=O)[C@H](CC(N)=O)NC(=O)[C@@H](N)CC(=O)O)C(=O)O. The Labute approximate surface area is 147 Å². The van der Waals surface area contributed by atoms with Crippen molar-refractivity contribution in [3.63, 3.8) is 0 Å². The highest BCUT2D eigenvalue weighted by Gasteiger charge is 2.29. The summed E-state index contributed by atoms with van der Waals surface area (Å²) in [4.78, 5) is 67.4. The smallest absolute Gasteiger partial charge is 0.326 e. The van der Waals surface area contributed by atoms with Gasteiger partial charge in [0.25, 0.3) is 0 Å². The van der Waals surface area contributed by atoms with Gasteiger partial charge in [-0.1, -0.05) is 0 Å². The van der Waals surface area contributed by atoms with Gasteiger partial charge in [-0.05, 0) is 6.42 Å². The molecule has 4 amide bonds. The maximum Gasteiger partial charge on any atom is 0.326 e. The summed E-state index contributed by atoms with van der Waals surface area (Å²) in [6, 6.07) is -4.58. The van der Waals surface area contributed by atoms with E-state index in [9.17, 15) is 28.8 Å². The van der Waals surface area contributed by atoms with Crippen molar-refractivity contribution in [2.75, 3.05) is 0 Å². The van der Waals surface area contributed by atoms with Crippen LogP contribution in [0.4, 0.5) is 0 Å². The summed E-state index contributed by atoms with van der Waals surface area (Å²) in [6.07, 6.45) is -2.05. The van der Waals surface area contributed by atoms with Crippen molar-refractivity contribution >= 4 is 35.6 Å². The van der Waals surface area contributed by atoms with Crippen molar-refractivity contribution in [2.45, 2.75) is 43.8 Å². The van der Waals surface area contributed by atoms with Crippen LogP contribution in [0.3, 0.4) is 0 Å². The summed E-state index contributed by atoms with van der Waals surface area (Å²) >= 11 is 0. The second-order valence-electron chi connectivity index (χ2n) is 5.34. The number of nitrogens with one attached hydrogen (secondary N) is 2. The molecule has 0 spiro atoms. The minimum Gasteiger partial charge on any atom is -0.481 e. The summed E-state index contributed by atoms with van der Waals surface area (Å²) in [5, 5.41) is 21.7. The summed E-state index contributed by atoms with van der Waals surface area (Å²) in [6.45, 7) is 0. The van der Waals surface area contributed by atoms with Gasteiger partial charge in [-0.25, -0.2) is 4.79 Å². The van der Waals surface area contributed by atoms with Crippen molar-refractivity contribution in [3.8, 4) is 0 Å². The predicted molar refractivity (Wildman–Crippen MR) is 84.0 cm³/mol. The zero-order valence-electron chi connectivity index (χ0n) is 13.6. The van der Waals surface area contributed by atoms with Crippen LogP contribution >= 0.6 is 0 Å². The molecule has 0 aromatic rings. The molecule has 26 heavy (non-hydrogen) atoms. The predicted octanol–water partition coefficient (Wildman–Crippen LogP) is -4.02. The lowest BCUT2D eigenvalue weighted by Crippen LogP contribution is -2.55. The molecule has 0 aliphatic carbocycles. The Kier molecular flexibility index (Phi) is 9.29. The molecule has 0 radical (unpaired) electrons. The molecule has 0 aliphatic rings. The van der Waals surface area contributed by atoms with Crippen molar-refractivity contribution in [1.82, 2.24) is 10.6 Å². The van der Waals surface area contributed by atoms with E-state index in [-0.39, 0.29) is 12.8 Å². The highest BCUT2D eigenvalue weighted by atomic mass is 16.4. The maximum absolute atomic E-state index is 12.1. The number of nitrogens with two attached hydrogens (primary N) is 3. The Morgan fingerprint density at radius 2 is 1.35 bits per heavy atom. The minimum absolute atomic E-state index is 0.313. The Morgan fingerprint density at radius 3 is 1.77 bits per heavy atom. The first-order valence-electron chi connectivity index (χ1n) is 7.31. The van der Waals surface area contributed by atoms with E-state index in [2.05, 4.69) is 0 Å². The van der Waals surface area contributed by atoms with Gasteiger partial charge in [0.05, 0.1) is 18.9 Å². The Balaban J connectivity index is 5.08. The molecule has 0 heterocycles. The number of primary amides is 2. The highest BCUT2D eigenvalue weighted by Crippen LogP contribution is 2.01. The van der Waals surface area contributed by atoms with Gasteiger partial charge in [0.15, 0.2) is 0 Å². The zero-order valence-corrected chi connectivity index (χ0v) is 13.6. The van der Waals surface area contributed by atoms with Gasteiger partial charge in [-0.3, -0.25) is 24.0 Å². The first-order chi connectivity index (χ1) is 11.9. The lowest BCUT2D eigenvalue weighted by molar-refractivity contribution is -0.143. The second-order valence-corrected chi connectivity index (χ2v) is 5.34. The molecule has 0 bridgehead atoms. The average molecular weight is 375 g/mol. The van der Waals surface area contributed by atoms with Crippen molar-refractivity contribution < 1.29 is 39.0 Å². The van der Waals surface area contributed by atoms with Gasteiger partial charge in [-0.2, -0.15) is 0 Å². The molecule has 0 aromatic heterocycles. The van der Waals surface area contributed by atoms with E-state index in [1.54, 1.807) is 0 Å². The third-order valence-electron chi connectivity index (χ3n) is 3.06. The van der Waals surface area contributed by atoms with E-state index >= 15 is 0 Å². The molecule has 0 aliphatic heterocycles. The summed E-state index contributed by atoms with van der Waals surface area (Å²) in [5.74, 6) is -6.71. The lowest BCUT2D eigenvalue weighted by atomic mass is 10.1. The number of hydrogen-bond donors (Lipinski definition) is 7. The zero-order chi connectivity index (χ0) is 20.4. The number of hydrogen-bond acceptors (Lipinski definition) is 7. The van der Waals surface area contributed by atoms with Crippen molar-refractivity contribution in [3.05, 3.63) is 0 Å². The van der Waals surface area contributed by atoms with Crippen LogP contribution in [-0.4, -0.2) is 63.9 Å². The normalized spacial score (nSPS) is 13.7. The topological polar surface area (TPSA) is 245 Å². The number of carboxylic acids is 2. The van der Waals surface area contributed by atoms with Crippen LogP contribution in [0.15, 0.2) is 0 Å². The molecule has 0 rings (SSSR count). The van der Waals surface area contributed by atoms with Gasteiger partial charge in [0.1, 0.15) is 12.1 Å². The summed E-state index contributed by atoms with van der Waals surface area (Å²) < 4.78 is 0. The summed E-state index contributed by atoms with van der Waals surface area (Å²) in [5.41, 5.74) is 15.2. The second kappa shape index (κ2) is 10.6. The van der Waals surface area contributed by atoms with Crippen LogP contribution in [0.1, 0.15) is 25.7 Å². The van der Waals surface area contributed by atoms with E-state index in [4.69, 9.17) is 27.4 Å². The van der Waals surface area contributed by atoms with Gasteiger partial charge in [0, 0.05) is 6.42 Å². The van der Waals surface area contributed by atoms with E-state index in [1.165, 1.54) is 0 Å². The molecule has 146 valence electrons. The van der Waals surface area contributed by atoms with Crippen LogP contribution < -0.4 is 27.8 Å². The van der Waals surface area contributed by atoms with Crippen LogP contribution in [0, 0.1) is 0 Å². The van der Waals surface area contributed by atoms with E-state index in [1.807, 2.05) is 10.6 Å². The minimum atomic E-state index is -1.57. The van der Waals surface area contributed by atoms with Crippen molar-refractivity contribution in [1.29, 1.82) is 0 Å². The standard InChI is InChI=1S/C13H21N5O8/c14-5(3-10(21)22)11(23)18-7(4-9(16)20)12(24)17-6(13(25)26)1-2-8(15)19/h5-7H,1-4,14H2,(H2,15,19)(H2,16,20)(H,17,24)(H,18,23)(H,21,22)(H,25,26)/t5-,6-,7-/m0/s1. The Bertz CT molecular complexity index is 593. The third-order valence-corrected chi connectivity index (χ3v) is 3.06. The molecular formula is C13H21N5O8. The molecule has 13 heteroatoms. The number of rotatable bonds is 12. The molecule has 0 saturated carbocycles. The quantitative estimate of drug-likeness (QED) is 0.175. The number of carbonyl (C=O) groups excluding carboxylic acids is 4. The van der Waals surface area contributed by atoms with Gasteiger partial charge in [0.2, 0.25) is 23.6 Å². The number of carbonyl (C=O) groups is 6. The fraction of sp³-hybridized carbons (Fsp3) is 0.538. The van der Waals surface area contributed by atoms with Gasteiger partial charge < -0.3 is 38.0 Å². The molecule has 0 unspecified atom stereocenters. The fourth-order valence-electron chi connectivity index (χ4n) is 1.79. The van der Waals surface area contributed by atoms with Crippen LogP contribution in [0.2, 0.25) is 0 Å². The van der Waals surface area contributed by atoms with E-state index < -0.39 is 66.5 Å². The number of carboxylic acid groups (broad SMARTS) is 2. The molecular weight excluding hydrogens is 354 g/mol. The molecule has 3 atom stereocenters. The fourth-order valence-corrected chi connectivity index (χ4v) is 1.79. The summed E-state index contributed by atoms with van der Waals surface area (Å²) in [7, 11) is 0. The largest absolute Gasteiger partial charge is 0.481 e. The third kappa shape index (κ3) is 9.17. The van der Waals surface area contributed by atoms with Crippen LogP contribution in [0.5, 0.6) is 0 Å². The average Bonchev–Trinajstić information content (AvgIpc) is 2.48. The van der Waals surface area contributed by atoms with Crippen molar-refractivity contribution in [2.24, 2.45) is 17.2 Å². The molecule has 10 N–H and O–H groups in total. The Morgan fingerprint density at radius 1 is 0.808 bits per heavy atom. The molecule has 0 saturated heterocycles.